The summed E-state index contributed by atoms with van der Waals surface area (Å²) >= 11 is 0. The van der Waals surface area contributed by atoms with Crippen molar-refractivity contribution in [2.75, 3.05) is 11.9 Å². The number of hydrogen-bond donors (Lipinski definition) is 7. The number of aromatic nitrogens is 3. The van der Waals surface area contributed by atoms with Crippen LogP contribution in [0.15, 0.2) is 60.8 Å². The van der Waals surface area contributed by atoms with E-state index in [2.05, 4.69) is 22.6 Å². The van der Waals surface area contributed by atoms with Gasteiger partial charge in [0.1, 0.15) is 18.3 Å². The predicted octanol–water partition coefficient (Wildman–Crippen LogP) is 1.13. The Morgan fingerprint density at radius 3 is 2.43 bits per heavy atom. The highest BCUT2D eigenvalue weighted by Crippen LogP contribution is 2.45. The van der Waals surface area contributed by atoms with Crippen molar-refractivity contribution in [2.45, 2.75) is 100 Å². The number of carbonyl (C=O) groups is 1. The van der Waals surface area contributed by atoms with Gasteiger partial charge in [0.05, 0.1) is 30.4 Å². The van der Waals surface area contributed by atoms with Crippen LogP contribution in [0.3, 0.4) is 0 Å². The Morgan fingerprint density at radius 2 is 1.72 bits per heavy atom. The van der Waals surface area contributed by atoms with E-state index in [1.54, 1.807) is 22.9 Å². The third kappa shape index (κ3) is 8.16. The molecule has 47 heavy (non-hydrogen) atoms. The Balaban J connectivity index is 1.19. The summed E-state index contributed by atoms with van der Waals surface area (Å²) in [4.78, 5) is 24.1. The lowest BCUT2D eigenvalue weighted by Crippen LogP contribution is -2.60. The fourth-order valence-electron chi connectivity index (χ4n) is 6.98. The largest absolute Gasteiger partial charge is 0.432 e. The molecule has 0 bridgehead atoms. The summed E-state index contributed by atoms with van der Waals surface area (Å²) in [5.74, 6) is -0.905. The molecule has 1 aromatic heterocycles. The molecule has 2 aliphatic heterocycles. The van der Waals surface area contributed by atoms with Crippen molar-refractivity contribution in [3.05, 3.63) is 77.6 Å². The number of ether oxygens (including phenoxy) is 2. The standard InChI is InChI=1S/C33H46N4O9Si/c1-19-25(13-12-20-8-7-11-22(16-20)34-32(42)30-28(40)27(39)29(41)33(43)46-30)45-26(31(19)47(2,3)44)14-15-37-17-24(35-36-37)23(18-38)21-9-5-4-6-10-21/h4-11,16-17,19,23,25-31,33,38-41,43-44H,12-15,18H2,1-3H3,(H,34,42)/t19-,23?,25+,26-,27-,28-,29+,30-,31+,33+/m0/s1. The number of hydrogen-bond acceptors (Lipinski definition) is 11. The third-order valence-corrected chi connectivity index (χ3v) is 11.9. The van der Waals surface area contributed by atoms with E-state index in [1.165, 1.54) is 0 Å². The average Bonchev–Trinajstić information content (AvgIpc) is 3.64. The maximum absolute atomic E-state index is 12.8. The molecule has 10 atom stereocenters. The number of amides is 1. The molecule has 2 aliphatic rings. The Labute approximate surface area is 274 Å². The lowest BCUT2D eigenvalue weighted by atomic mass is 9.95. The lowest BCUT2D eigenvalue weighted by molar-refractivity contribution is -0.274. The summed E-state index contributed by atoms with van der Waals surface area (Å²) < 4.78 is 13.4. The molecule has 1 amide bonds. The fourth-order valence-corrected chi connectivity index (χ4v) is 9.64. The van der Waals surface area contributed by atoms with E-state index in [0.717, 1.165) is 11.1 Å². The van der Waals surface area contributed by atoms with Gasteiger partial charge in [0.2, 0.25) is 0 Å². The zero-order valence-electron chi connectivity index (χ0n) is 26.8. The van der Waals surface area contributed by atoms with Crippen molar-refractivity contribution in [3.8, 4) is 0 Å². The molecule has 2 aromatic carbocycles. The van der Waals surface area contributed by atoms with E-state index in [-0.39, 0.29) is 36.2 Å². The van der Waals surface area contributed by atoms with Crippen molar-refractivity contribution >= 4 is 19.9 Å². The highest BCUT2D eigenvalue weighted by molar-refractivity contribution is 6.71. The van der Waals surface area contributed by atoms with Gasteiger partial charge in [-0.2, -0.15) is 0 Å². The number of aliphatic hydroxyl groups is 5. The molecular weight excluding hydrogens is 624 g/mol. The van der Waals surface area contributed by atoms with Gasteiger partial charge in [-0.25, -0.2) is 0 Å². The second kappa shape index (κ2) is 15.0. The van der Waals surface area contributed by atoms with Gasteiger partial charge in [-0.1, -0.05) is 54.6 Å². The number of aliphatic hydroxyl groups excluding tert-OH is 5. The molecule has 13 nitrogen and oxygen atoms in total. The van der Waals surface area contributed by atoms with Crippen molar-refractivity contribution < 1.29 is 44.6 Å². The van der Waals surface area contributed by atoms with E-state index >= 15 is 0 Å². The van der Waals surface area contributed by atoms with E-state index in [4.69, 9.17) is 9.47 Å². The van der Waals surface area contributed by atoms with Crippen molar-refractivity contribution in [1.82, 2.24) is 15.0 Å². The van der Waals surface area contributed by atoms with E-state index < -0.39 is 44.9 Å². The minimum atomic E-state index is -2.60. The van der Waals surface area contributed by atoms with Crippen LogP contribution in [0.25, 0.3) is 0 Å². The highest BCUT2D eigenvalue weighted by Gasteiger charge is 2.49. The fraction of sp³-hybridized carbons (Fsp3) is 0.545. The number of aryl methyl sites for hydroxylation is 2. The maximum Gasteiger partial charge on any atom is 0.256 e. The zero-order chi connectivity index (χ0) is 33.9. The normalized spacial score (nSPS) is 30.3. The van der Waals surface area contributed by atoms with Gasteiger partial charge >= 0.3 is 0 Å². The molecule has 0 saturated carbocycles. The number of nitrogens with zero attached hydrogens (tertiary/aromatic N) is 3. The van der Waals surface area contributed by atoms with Crippen LogP contribution < -0.4 is 5.32 Å². The first-order valence-corrected chi connectivity index (χ1v) is 19.1. The van der Waals surface area contributed by atoms with Crippen LogP contribution in [-0.4, -0.2) is 109 Å². The quantitative estimate of drug-likeness (QED) is 0.136. The van der Waals surface area contributed by atoms with Crippen LogP contribution in [0.2, 0.25) is 18.6 Å². The van der Waals surface area contributed by atoms with Gasteiger partial charge in [-0.05, 0) is 61.5 Å². The molecule has 7 N–H and O–H groups in total. The molecule has 0 radical (unpaired) electrons. The van der Waals surface area contributed by atoms with E-state index in [1.807, 2.05) is 55.7 Å². The monoisotopic (exact) mass is 670 g/mol. The van der Waals surface area contributed by atoms with E-state index in [9.17, 15) is 35.1 Å². The first-order chi connectivity index (χ1) is 22.4. The maximum atomic E-state index is 12.8. The minimum Gasteiger partial charge on any atom is -0.432 e. The Kier molecular flexibility index (Phi) is 11.3. The van der Waals surface area contributed by atoms with Gasteiger partial charge in [0, 0.05) is 24.0 Å². The number of carbonyl (C=O) groups excluding carboxylic acids is 1. The second-order valence-electron chi connectivity index (χ2n) is 13.2. The summed E-state index contributed by atoms with van der Waals surface area (Å²) in [6.45, 7) is 6.51. The summed E-state index contributed by atoms with van der Waals surface area (Å²) in [5, 5.41) is 60.9. The Hall–Kier alpha value is -3.05. The highest BCUT2D eigenvalue weighted by atomic mass is 28.4. The number of nitrogens with one attached hydrogen (secondary N) is 1. The minimum absolute atomic E-state index is 0.0155. The number of rotatable bonds is 12. The molecule has 3 aromatic rings. The summed E-state index contributed by atoms with van der Waals surface area (Å²) in [7, 11) is -2.60. The third-order valence-electron chi connectivity index (χ3n) is 9.42. The van der Waals surface area contributed by atoms with Crippen molar-refractivity contribution in [2.24, 2.45) is 5.92 Å². The molecule has 14 heteroatoms. The van der Waals surface area contributed by atoms with Gasteiger partial charge in [-0.15, -0.1) is 5.10 Å². The van der Waals surface area contributed by atoms with Gasteiger partial charge in [-0.3, -0.25) is 9.48 Å². The molecule has 3 heterocycles. The number of benzene rings is 2. The van der Waals surface area contributed by atoms with Crippen LogP contribution in [0.5, 0.6) is 0 Å². The summed E-state index contributed by atoms with van der Waals surface area (Å²) in [5.41, 5.74) is 3.06. The van der Waals surface area contributed by atoms with Gasteiger partial charge in [0.25, 0.3) is 5.91 Å². The topological polar surface area (TPSA) is 200 Å². The number of anilines is 1. The molecule has 0 spiro atoms. The predicted molar refractivity (Wildman–Crippen MR) is 174 cm³/mol. The molecule has 256 valence electrons. The lowest BCUT2D eigenvalue weighted by Gasteiger charge is -2.37. The Bertz CT molecular complexity index is 1470. The zero-order valence-corrected chi connectivity index (χ0v) is 27.8. The SMILES string of the molecule is C[C@@H]1[C@@H]([Si](C)(C)O)[C@H](CCn2cc(C(CO)c3ccccc3)nn2)O[C@@H]1CCc1cccc(NC(=O)[C@H]2O[C@@H](O)[C@H](O)[C@@H](O)[C@@H]2O)c1. The molecule has 1 unspecified atom stereocenters. The Morgan fingerprint density at radius 1 is 0.979 bits per heavy atom. The molecular formula is C33H46N4O9Si. The van der Waals surface area contributed by atoms with Gasteiger partial charge < -0.3 is 45.1 Å². The van der Waals surface area contributed by atoms with Crippen LogP contribution in [0.4, 0.5) is 5.69 Å². The molecule has 5 rings (SSSR count). The first kappa shape index (κ1) is 35.3. The van der Waals surface area contributed by atoms with Crippen LogP contribution >= 0.6 is 0 Å². The summed E-state index contributed by atoms with van der Waals surface area (Å²) in [6.07, 6.45) is -4.95. The summed E-state index contributed by atoms with van der Waals surface area (Å²) in [6, 6.07) is 16.9. The van der Waals surface area contributed by atoms with E-state index in [0.29, 0.717) is 37.2 Å². The average molecular weight is 671 g/mol. The van der Waals surface area contributed by atoms with Gasteiger partial charge in [0.15, 0.2) is 20.7 Å². The first-order valence-electron chi connectivity index (χ1n) is 16.1. The van der Waals surface area contributed by atoms with Crippen LogP contribution in [0, 0.1) is 5.92 Å². The smallest absolute Gasteiger partial charge is 0.256 e. The molecule has 2 saturated heterocycles. The van der Waals surface area contributed by atoms with Crippen molar-refractivity contribution in [3.63, 3.8) is 0 Å². The molecule has 0 aliphatic carbocycles. The van der Waals surface area contributed by atoms with Crippen LogP contribution in [0.1, 0.15) is 42.5 Å². The van der Waals surface area contributed by atoms with Crippen molar-refractivity contribution in [1.29, 1.82) is 0 Å². The van der Waals surface area contributed by atoms with Crippen LogP contribution in [-0.2, 0) is 27.2 Å². The second-order valence-corrected chi connectivity index (χ2v) is 17.2. The molecule has 2 fully saturated rings.